The van der Waals surface area contributed by atoms with Crippen LogP contribution in [0.25, 0.3) is 0 Å². The van der Waals surface area contributed by atoms with Gasteiger partial charge in [0.15, 0.2) is 0 Å². The first kappa shape index (κ1) is 18.9. The maximum atomic E-state index is 12.7. The predicted molar refractivity (Wildman–Crippen MR) is 100.0 cm³/mol. The van der Waals surface area contributed by atoms with Gasteiger partial charge in [0.1, 0.15) is 5.69 Å². The molecule has 0 atom stereocenters. The summed E-state index contributed by atoms with van der Waals surface area (Å²) in [6.45, 7) is 5.47. The predicted octanol–water partition coefficient (Wildman–Crippen LogP) is 3.78. The number of rotatable bonds is 5. The monoisotopic (exact) mass is 363 g/mol. The van der Waals surface area contributed by atoms with E-state index in [0.717, 1.165) is 5.69 Å². The van der Waals surface area contributed by atoms with Crippen molar-refractivity contribution in [3.63, 3.8) is 0 Å². The number of anilines is 2. The maximum Gasteiger partial charge on any atom is 0.340 e. The number of nitrogens with zero attached hydrogens (tertiary/aromatic N) is 1. The summed E-state index contributed by atoms with van der Waals surface area (Å²) in [5.74, 6) is -0.786. The second kappa shape index (κ2) is 7.61. The fourth-order valence-electron chi connectivity index (χ4n) is 2.67. The standard InChI is InChI=1S/C18H22ClN3O3/c1-6-25-18(24)15-10(2)16(20-11(15)3)17(23)21-13-9-12(19)7-8-14(13)22(4)5/h7-9,20H,6H2,1-5H3,(H,21,23). The lowest BCUT2D eigenvalue weighted by Crippen LogP contribution is -2.18. The van der Waals surface area contributed by atoms with E-state index in [1.165, 1.54) is 0 Å². The fourth-order valence-corrected chi connectivity index (χ4v) is 2.84. The quantitative estimate of drug-likeness (QED) is 0.793. The van der Waals surface area contributed by atoms with Crippen LogP contribution in [-0.4, -0.2) is 37.6 Å². The molecule has 7 heteroatoms. The first-order valence-electron chi connectivity index (χ1n) is 7.90. The lowest BCUT2D eigenvalue weighted by molar-refractivity contribution is 0.0525. The van der Waals surface area contributed by atoms with Crippen LogP contribution in [0.5, 0.6) is 0 Å². The van der Waals surface area contributed by atoms with Gasteiger partial charge < -0.3 is 19.9 Å². The van der Waals surface area contributed by atoms with Gasteiger partial charge in [-0.25, -0.2) is 4.79 Å². The number of amides is 1. The Labute approximate surface area is 152 Å². The van der Waals surface area contributed by atoms with Crippen molar-refractivity contribution in [3.05, 3.63) is 45.7 Å². The molecule has 6 nitrogen and oxygen atoms in total. The highest BCUT2D eigenvalue weighted by molar-refractivity contribution is 6.31. The number of carbonyl (C=O) groups excluding carboxylic acids is 2. The molecule has 0 aliphatic carbocycles. The molecule has 0 aliphatic rings. The van der Waals surface area contributed by atoms with E-state index >= 15 is 0 Å². The summed E-state index contributed by atoms with van der Waals surface area (Å²) in [5, 5.41) is 3.37. The van der Waals surface area contributed by atoms with Crippen molar-refractivity contribution in [2.45, 2.75) is 20.8 Å². The summed E-state index contributed by atoms with van der Waals surface area (Å²) in [6.07, 6.45) is 0. The highest BCUT2D eigenvalue weighted by Gasteiger charge is 2.23. The van der Waals surface area contributed by atoms with Crippen LogP contribution >= 0.6 is 11.6 Å². The van der Waals surface area contributed by atoms with E-state index in [0.29, 0.717) is 33.2 Å². The summed E-state index contributed by atoms with van der Waals surface area (Å²) in [4.78, 5) is 29.6. The Bertz CT molecular complexity index is 812. The third-order valence-corrected chi connectivity index (χ3v) is 4.07. The summed E-state index contributed by atoms with van der Waals surface area (Å²) in [5.41, 5.74) is 3.29. The molecule has 2 aromatic rings. The van der Waals surface area contributed by atoms with Crippen LogP contribution in [-0.2, 0) is 4.74 Å². The highest BCUT2D eigenvalue weighted by Crippen LogP contribution is 2.29. The van der Waals surface area contributed by atoms with Crippen molar-refractivity contribution < 1.29 is 14.3 Å². The zero-order valence-electron chi connectivity index (χ0n) is 15.0. The molecule has 134 valence electrons. The second-order valence-corrected chi connectivity index (χ2v) is 6.29. The molecule has 0 spiro atoms. The first-order valence-corrected chi connectivity index (χ1v) is 8.28. The highest BCUT2D eigenvalue weighted by atomic mass is 35.5. The van der Waals surface area contributed by atoms with E-state index in [1.54, 1.807) is 32.9 Å². The molecule has 0 bridgehead atoms. The average Bonchev–Trinajstić information content (AvgIpc) is 2.82. The number of halogens is 1. The summed E-state index contributed by atoms with van der Waals surface area (Å²) >= 11 is 6.05. The lowest BCUT2D eigenvalue weighted by Gasteiger charge is -2.18. The van der Waals surface area contributed by atoms with Gasteiger partial charge in [-0.3, -0.25) is 4.79 Å². The summed E-state index contributed by atoms with van der Waals surface area (Å²) < 4.78 is 5.05. The van der Waals surface area contributed by atoms with E-state index < -0.39 is 5.97 Å². The van der Waals surface area contributed by atoms with E-state index in [2.05, 4.69) is 10.3 Å². The van der Waals surface area contributed by atoms with Gasteiger partial charge in [0, 0.05) is 24.8 Å². The minimum Gasteiger partial charge on any atom is -0.462 e. The van der Waals surface area contributed by atoms with Crippen molar-refractivity contribution in [3.8, 4) is 0 Å². The summed E-state index contributed by atoms with van der Waals surface area (Å²) in [7, 11) is 3.75. The minimum atomic E-state index is -0.440. The van der Waals surface area contributed by atoms with Crippen LogP contribution in [0.2, 0.25) is 5.02 Å². The zero-order chi connectivity index (χ0) is 18.7. The molecule has 0 radical (unpaired) electrons. The topological polar surface area (TPSA) is 74.4 Å². The number of benzene rings is 1. The van der Waals surface area contributed by atoms with Gasteiger partial charge in [0.25, 0.3) is 5.91 Å². The second-order valence-electron chi connectivity index (χ2n) is 5.86. The number of carbonyl (C=O) groups is 2. The molecule has 0 saturated heterocycles. The number of aryl methyl sites for hydroxylation is 1. The number of aromatic amines is 1. The van der Waals surface area contributed by atoms with E-state index in [4.69, 9.17) is 16.3 Å². The van der Waals surface area contributed by atoms with Gasteiger partial charge in [-0.15, -0.1) is 0 Å². The lowest BCUT2D eigenvalue weighted by atomic mass is 10.1. The third-order valence-electron chi connectivity index (χ3n) is 3.83. The molecule has 0 saturated carbocycles. The molecule has 1 heterocycles. The maximum absolute atomic E-state index is 12.7. The summed E-state index contributed by atoms with van der Waals surface area (Å²) in [6, 6.07) is 5.27. The molecule has 1 aromatic carbocycles. The van der Waals surface area contributed by atoms with E-state index in [9.17, 15) is 9.59 Å². The Morgan fingerprint density at radius 3 is 2.56 bits per heavy atom. The number of esters is 1. The van der Waals surface area contributed by atoms with Crippen LogP contribution in [0.1, 0.15) is 39.0 Å². The average molecular weight is 364 g/mol. The molecule has 1 amide bonds. The van der Waals surface area contributed by atoms with Gasteiger partial charge in [0.05, 0.1) is 23.5 Å². The van der Waals surface area contributed by atoms with Crippen molar-refractivity contribution in [2.75, 3.05) is 30.9 Å². The van der Waals surface area contributed by atoms with Gasteiger partial charge in [0.2, 0.25) is 0 Å². The molecular formula is C18H22ClN3O3. The molecule has 2 rings (SSSR count). The number of hydrogen-bond donors (Lipinski definition) is 2. The Balaban J connectivity index is 2.36. The van der Waals surface area contributed by atoms with E-state index in [-0.39, 0.29) is 12.5 Å². The Morgan fingerprint density at radius 1 is 1.28 bits per heavy atom. The fraction of sp³-hybridized carbons (Fsp3) is 0.333. The van der Waals surface area contributed by atoms with Crippen LogP contribution in [0.4, 0.5) is 11.4 Å². The number of ether oxygens (including phenoxy) is 1. The van der Waals surface area contributed by atoms with Gasteiger partial charge >= 0.3 is 5.97 Å². The van der Waals surface area contributed by atoms with Crippen LogP contribution < -0.4 is 10.2 Å². The zero-order valence-corrected chi connectivity index (χ0v) is 15.7. The van der Waals surface area contributed by atoms with Crippen molar-refractivity contribution in [1.82, 2.24) is 4.98 Å². The minimum absolute atomic E-state index is 0.277. The molecule has 2 N–H and O–H groups in total. The van der Waals surface area contributed by atoms with Gasteiger partial charge in [-0.2, -0.15) is 0 Å². The van der Waals surface area contributed by atoms with Crippen molar-refractivity contribution >= 4 is 34.9 Å². The Kier molecular flexibility index (Phi) is 5.74. The van der Waals surface area contributed by atoms with Crippen LogP contribution in [0.15, 0.2) is 18.2 Å². The molecular weight excluding hydrogens is 342 g/mol. The van der Waals surface area contributed by atoms with Gasteiger partial charge in [-0.05, 0) is 44.5 Å². The Morgan fingerprint density at radius 2 is 1.96 bits per heavy atom. The van der Waals surface area contributed by atoms with Gasteiger partial charge in [-0.1, -0.05) is 11.6 Å². The van der Waals surface area contributed by atoms with E-state index in [1.807, 2.05) is 25.1 Å². The van der Waals surface area contributed by atoms with Crippen LogP contribution in [0, 0.1) is 13.8 Å². The third kappa shape index (κ3) is 3.96. The molecule has 0 unspecified atom stereocenters. The molecule has 0 aliphatic heterocycles. The number of nitrogens with one attached hydrogen (secondary N) is 2. The van der Waals surface area contributed by atoms with Crippen molar-refractivity contribution in [2.24, 2.45) is 0 Å². The molecule has 1 aromatic heterocycles. The van der Waals surface area contributed by atoms with Crippen LogP contribution in [0.3, 0.4) is 0 Å². The van der Waals surface area contributed by atoms with Crippen molar-refractivity contribution in [1.29, 1.82) is 0 Å². The normalized spacial score (nSPS) is 10.5. The largest absolute Gasteiger partial charge is 0.462 e. The SMILES string of the molecule is CCOC(=O)c1c(C)[nH]c(C(=O)Nc2cc(Cl)ccc2N(C)C)c1C. The number of H-pyrrole nitrogens is 1. The number of hydrogen-bond acceptors (Lipinski definition) is 4. The smallest absolute Gasteiger partial charge is 0.340 e. The number of aromatic nitrogens is 1. The Hall–Kier alpha value is -2.47. The molecule has 0 fully saturated rings. The molecule has 25 heavy (non-hydrogen) atoms. The first-order chi connectivity index (χ1) is 11.8.